The van der Waals surface area contributed by atoms with E-state index in [9.17, 15) is 22.0 Å². The summed E-state index contributed by atoms with van der Waals surface area (Å²) < 4.78 is 70.5. The summed E-state index contributed by atoms with van der Waals surface area (Å²) in [5.74, 6) is -2.57. The van der Waals surface area contributed by atoms with Crippen molar-refractivity contribution >= 4 is 49.1 Å². The lowest BCUT2D eigenvalue weighted by Crippen LogP contribution is -2.16. The predicted octanol–water partition coefficient (Wildman–Crippen LogP) is 5.67. The van der Waals surface area contributed by atoms with Gasteiger partial charge in [-0.2, -0.15) is 5.26 Å². The van der Waals surface area contributed by atoms with E-state index < -0.39 is 51.7 Å². The predicted molar refractivity (Wildman–Crippen MR) is 125 cm³/mol. The fraction of sp³-hybridized carbons (Fsp3) is 0.0909. The van der Waals surface area contributed by atoms with E-state index in [0.29, 0.717) is 0 Å². The van der Waals surface area contributed by atoms with Crippen LogP contribution in [0.15, 0.2) is 57.9 Å². The first-order chi connectivity index (χ1) is 16.4. The van der Waals surface area contributed by atoms with Crippen molar-refractivity contribution in [2.45, 2.75) is 17.7 Å². The third kappa shape index (κ3) is 6.12. The molecule has 0 atom stereocenters. The smallest absolute Gasteiger partial charge is 0.268 e. The molecule has 3 aromatic carbocycles. The molecular weight excluding hydrogens is 575 g/mol. The molecule has 0 heterocycles. The van der Waals surface area contributed by atoms with Crippen molar-refractivity contribution in [1.29, 1.82) is 5.26 Å². The zero-order valence-corrected chi connectivity index (χ0v) is 20.5. The molecule has 3 rings (SSSR count). The Morgan fingerprint density at radius 2 is 1.94 bits per heavy atom. The summed E-state index contributed by atoms with van der Waals surface area (Å²) in [6.45, 7) is 0. The molecule has 0 saturated carbocycles. The largest absolute Gasteiger partial charge is 0.453 e. The number of hydrogen-bond acceptors (Lipinski definition) is 5. The third-order valence-corrected chi connectivity index (χ3v) is 6.49. The standard InChI is InChI=1S/C22H14BrClF3N3O4S/c23-14-6-4-11(8-18(31)30-16-7-5-13(9-15(16)24)35(29,32)33)20(25)21(14)34-17-3-1-2-12(10-28)19(17)22(26)27/h1-7,9,22H,8H2,(H,30,31)(H2,29,32,33). The Kier molecular flexibility index (Phi) is 8.07. The van der Waals surface area contributed by atoms with E-state index >= 15 is 4.39 Å². The van der Waals surface area contributed by atoms with Gasteiger partial charge in [0.1, 0.15) is 5.75 Å². The van der Waals surface area contributed by atoms with Gasteiger partial charge in [0.25, 0.3) is 6.43 Å². The summed E-state index contributed by atoms with van der Waals surface area (Å²) in [5.41, 5.74) is -1.09. The molecule has 1 amide bonds. The van der Waals surface area contributed by atoms with E-state index in [1.807, 2.05) is 0 Å². The Bertz CT molecular complexity index is 1460. The molecule has 3 aromatic rings. The lowest BCUT2D eigenvalue weighted by molar-refractivity contribution is -0.115. The van der Waals surface area contributed by atoms with E-state index in [0.717, 1.165) is 12.1 Å². The number of anilines is 1. The van der Waals surface area contributed by atoms with Gasteiger partial charge in [-0.05, 0) is 52.3 Å². The summed E-state index contributed by atoms with van der Waals surface area (Å²) in [6, 6.07) is 11.4. The van der Waals surface area contributed by atoms with Gasteiger partial charge < -0.3 is 10.1 Å². The summed E-state index contributed by atoms with van der Waals surface area (Å²) in [4.78, 5) is 12.2. The fourth-order valence-corrected chi connectivity index (χ4v) is 4.23. The average molecular weight is 589 g/mol. The number of nitriles is 1. The molecule has 0 aromatic heterocycles. The number of benzene rings is 3. The molecule has 3 N–H and O–H groups in total. The quantitative estimate of drug-likeness (QED) is 0.368. The zero-order chi connectivity index (χ0) is 25.9. The molecule has 0 bridgehead atoms. The normalized spacial score (nSPS) is 11.3. The minimum atomic E-state index is -4.00. The van der Waals surface area contributed by atoms with Crippen LogP contribution in [-0.2, 0) is 21.2 Å². The van der Waals surface area contributed by atoms with Crippen LogP contribution in [0.25, 0.3) is 0 Å². The zero-order valence-electron chi connectivity index (χ0n) is 17.4. The number of nitrogens with two attached hydrogens (primary N) is 1. The molecule has 0 saturated heterocycles. The van der Waals surface area contributed by atoms with Crippen molar-refractivity contribution in [1.82, 2.24) is 0 Å². The Morgan fingerprint density at radius 1 is 1.23 bits per heavy atom. The third-order valence-electron chi connectivity index (χ3n) is 4.64. The van der Waals surface area contributed by atoms with Crippen LogP contribution in [0.1, 0.15) is 23.1 Å². The van der Waals surface area contributed by atoms with Crippen LogP contribution in [-0.4, -0.2) is 14.3 Å². The van der Waals surface area contributed by atoms with Gasteiger partial charge in [0, 0.05) is 5.56 Å². The highest BCUT2D eigenvalue weighted by molar-refractivity contribution is 9.10. The molecule has 0 aliphatic carbocycles. The number of hydrogen-bond donors (Lipinski definition) is 2. The van der Waals surface area contributed by atoms with Gasteiger partial charge in [-0.15, -0.1) is 0 Å². The monoisotopic (exact) mass is 587 g/mol. The van der Waals surface area contributed by atoms with Crippen molar-refractivity contribution in [3.63, 3.8) is 0 Å². The maximum atomic E-state index is 15.2. The van der Waals surface area contributed by atoms with Crippen LogP contribution in [0.2, 0.25) is 5.02 Å². The van der Waals surface area contributed by atoms with Gasteiger partial charge in [-0.25, -0.2) is 26.7 Å². The van der Waals surface area contributed by atoms with Crippen molar-refractivity contribution in [3.05, 3.63) is 80.5 Å². The number of carbonyl (C=O) groups excluding carboxylic acids is 1. The van der Waals surface area contributed by atoms with Crippen molar-refractivity contribution in [2.24, 2.45) is 5.14 Å². The highest BCUT2D eigenvalue weighted by atomic mass is 79.9. The number of primary sulfonamides is 1. The van der Waals surface area contributed by atoms with Crippen molar-refractivity contribution in [2.75, 3.05) is 5.32 Å². The lowest BCUT2D eigenvalue weighted by atomic mass is 10.1. The van der Waals surface area contributed by atoms with Gasteiger partial charge in [-0.1, -0.05) is 23.7 Å². The Labute approximate surface area is 211 Å². The Hall–Kier alpha value is -3.11. The Balaban J connectivity index is 1.87. The molecule has 0 fully saturated rings. The first-order valence-corrected chi connectivity index (χ1v) is 12.2. The summed E-state index contributed by atoms with van der Waals surface area (Å²) in [5, 5.41) is 16.4. The van der Waals surface area contributed by atoms with Crippen LogP contribution < -0.4 is 15.2 Å². The maximum absolute atomic E-state index is 15.2. The van der Waals surface area contributed by atoms with Gasteiger partial charge in [-0.3, -0.25) is 4.79 Å². The van der Waals surface area contributed by atoms with Gasteiger partial charge in [0.05, 0.1) is 43.7 Å². The van der Waals surface area contributed by atoms with E-state index in [1.165, 1.54) is 36.4 Å². The number of rotatable bonds is 7. The highest BCUT2D eigenvalue weighted by Crippen LogP contribution is 2.39. The molecule has 182 valence electrons. The SMILES string of the molecule is N#Cc1cccc(Oc2c(Br)ccc(CC(=O)Nc3ccc(S(N)(=O)=O)cc3Cl)c2F)c1C(F)F. The summed E-state index contributed by atoms with van der Waals surface area (Å²) in [7, 11) is -4.00. The van der Waals surface area contributed by atoms with E-state index in [1.54, 1.807) is 6.07 Å². The second-order valence-corrected chi connectivity index (χ2v) is 9.82. The number of nitrogens with one attached hydrogen (secondary N) is 1. The summed E-state index contributed by atoms with van der Waals surface area (Å²) >= 11 is 9.09. The second kappa shape index (κ2) is 10.7. The van der Waals surface area contributed by atoms with Crippen molar-refractivity contribution in [3.8, 4) is 17.6 Å². The molecule has 35 heavy (non-hydrogen) atoms. The molecule has 7 nitrogen and oxygen atoms in total. The number of sulfonamides is 1. The van der Waals surface area contributed by atoms with Crippen LogP contribution in [0.4, 0.5) is 18.9 Å². The van der Waals surface area contributed by atoms with E-state index in [4.69, 9.17) is 26.7 Å². The molecule has 0 unspecified atom stereocenters. The number of ether oxygens (including phenoxy) is 1. The molecule has 0 aliphatic heterocycles. The minimum absolute atomic E-state index is 0.0629. The molecule has 0 spiro atoms. The number of amides is 1. The van der Waals surface area contributed by atoms with Crippen LogP contribution in [0.3, 0.4) is 0 Å². The first kappa shape index (κ1) is 26.5. The number of carbonyl (C=O) groups is 1. The highest BCUT2D eigenvalue weighted by Gasteiger charge is 2.23. The topological polar surface area (TPSA) is 122 Å². The van der Waals surface area contributed by atoms with Gasteiger partial charge in [0.15, 0.2) is 11.6 Å². The molecule has 0 aliphatic rings. The maximum Gasteiger partial charge on any atom is 0.268 e. The number of nitrogens with zero attached hydrogens (tertiary/aromatic N) is 1. The van der Waals surface area contributed by atoms with Crippen LogP contribution >= 0.6 is 27.5 Å². The van der Waals surface area contributed by atoms with E-state index in [-0.39, 0.29) is 31.2 Å². The summed E-state index contributed by atoms with van der Waals surface area (Å²) in [6.07, 6.45) is -3.55. The lowest BCUT2D eigenvalue weighted by Gasteiger charge is -2.15. The number of alkyl halides is 2. The van der Waals surface area contributed by atoms with Gasteiger partial charge in [0.2, 0.25) is 15.9 Å². The second-order valence-electron chi connectivity index (χ2n) is 6.99. The average Bonchev–Trinajstić information content (AvgIpc) is 2.78. The Morgan fingerprint density at radius 3 is 2.54 bits per heavy atom. The van der Waals surface area contributed by atoms with Gasteiger partial charge >= 0.3 is 0 Å². The van der Waals surface area contributed by atoms with E-state index in [2.05, 4.69) is 21.2 Å². The number of halogens is 5. The fourth-order valence-electron chi connectivity index (χ4n) is 3.01. The van der Waals surface area contributed by atoms with Crippen molar-refractivity contribution < 1.29 is 31.1 Å². The molecule has 13 heteroatoms. The first-order valence-electron chi connectivity index (χ1n) is 9.50. The molecular formula is C22H14BrClF3N3O4S. The van der Waals surface area contributed by atoms with Crippen LogP contribution in [0.5, 0.6) is 11.5 Å². The molecule has 0 radical (unpaired) electrons. The minimum Gasteiger partial charge on any atom is -0.453 e. The van der Waals surface area contributed by atoms with Crippen LogP contribution in [0, 0.1) is 17.1 Å².